The normalized spacial score (nSPS) is 16.5. The van der Waals surface area contributed by atoms with E-state index in [0.717, 1.165) is 24.1 Å². The maximum atomic E-state index is 13.0. The highest BCUT2D eigenvalue weighted by atomic mass is 16.2. The van der Waals surface area contributed by atoms with Gasteiger partial charge in [-0.1, -0.05) is 52.0 Å². The van der Waals surface area contributed by atoms with Crippen molar-refractivity contribution in [1.82, 2.24) is 15.1 Å². The van der Waals surface area contributed by atoms with Crippen molar-refractivity contribution in [2.75, 3.05) is 13.6 Å². The van der Waals surface area contributed by atoms with Crippen molar-refractivity contribution in [3.63, 3.8) is 0 Å². The molecule has 9 heteroatoms. The quantitative estimate of drug-likeness (QED) is 0.0878. The minimum Gasteiger partial charge on any atom is -0.302 e. The Labute approximate surface area is 251 Å². The highest BCUT2D eigenvalue weighted by Gasteiger charge is 2.18. The summed E-state index contributed by atoms with van der Waals surface area (Å²) >= 11 is 0. The number of nitrogens with zero attached hydrogens (tertiary/aromatic N) is 6. The zero-order valence-electron chi connectivity index (χ0n) is 26.0. The molecule has 1 aliphatic carbocycles. The van der Waals surface area contributed by atoms with E-state index in [1.165, 1.54) is 22.2 Å². The Balaban J connectivity index is 3.36. The van der Waals surface area contributed by atoms with Crippen LogP contribution in [0.25, 0.3) is 0 Å². The van der Waals surface area contributed by atoms with E-state index in [-0.39, 0.29) is 18.5 Å². The molecule has 0 spiro atoms. The summed E-state index contributed by atoms with van der Waals surface area (Å²) < 4.78 is 0. The molecule has 0 radical (unpaired) electrons. The SMILES string of the molecule is C\C=C/C=N/C=C/N(C)C(=O)NC(=NC1=C/C(=C/C)C(=NC(CC)CC)C=C1)N(C=O)CC/C=C(C#N)\C=C/C(C)C. The van der Waals surface area contributed by atoms with Crippen molar-refractivity contribution in [1.29, 1.82) is 5.26 Å². The van der Waals surface area contributed by atoms with Crippen molar-refractivity contribution in [3.05, 3.63) is 83.9 Å². The molecule has 1 aliphatic rings. The van der Waals surface area contributed by atoms with E-state index in [1.54, 1.807) is 31.5 Å². The fraction of sp³-hybridized carbons (Fsp3) is 0.394. The summed E-state index contributed by atoms with van der Waals surface area (Å²) in [5.74, 6) is 0.366. The van der Waals surface area contributed by atoms with Crippen LogP contribution in [0.4, 0.5) is 4.79 Å². The average Bonchev–Trinajstić information content (AvgIpc) is 2.99. The van der Waals surface area contributed by atoms with Gasteiger partial charge in [0.15, 0.2) is 0 Å². The number of carbonyl (C=O) groups is 2. The van der Waals surface area contributed by atoms with Crippen LogP contribution >= 0.6 is 0 Å². The van der Waals surface area contributed by atoms with Gasteiger partial charge in [-0.3, -0.25) is 25.0 Å². The van der Waals surface area contributed by atoms with Crippen molar-refractivity contribution in [2.24, 2.45) is 20.9 Å². The smallest absolute Gasteiger partial charge is 0.302 e. The number of nitriles is 1. The van der Waals surface area contributed by atoms with E-state index in [1.807, 2.05) is 64.2 Å². The van der Waals surface area contributed by atoms with Crippen LogP contribution in [0.2, 0.25) is 0 Å². The number of allylic oxidation sites excluding steroid dienone is 10. The highest BCUT2D eigenvalue weighted by Crippen LogP contribution is 2.18. The lowest BCUT2D eigenvalue weighted by molar-refractivity contribution is -0.114. The second-order valence-electron chi connectivity index (χ2n) is 9.69. The first-order valence-corrected chi connectivity index (χ1v) is 14.3. The Morgan fingerprint density at radius 3 is 2.52 bits per heavy atom. The van der Waals surface area contributed by atoms with Crippen molar-refractivity contribution in [3.8, 4) is 6.07 Å². The molecule has 0 fully saturated rings. The number of hydrogen-bond acceptors (Lipinski definition) is 6. The third kappa shape index (κ3) is 13.2. The molecule has 224 valence electrons. The molecule has 1 N–H and O–H groups in total. The number of rotatable bonds is 13. The maximum absolute atomic E-state index is 13.0. The van der Waals surface area contributed by atoms with Crippen molar-refractivity contribution < 1.29 is 9.59 Å². The van der Waals surface area contributed by atoms with Gasteiger partial charge in [0.25, 0.3) is 0 Å². The molecule has 0 heterocycles. The van der Waals surface area contributed by atoms with Crippen LogP contribution in [0.5, 0.6) is 0 Å². The number of aliphatic imine (C=N–C) groups is 3. The topological polar surface area (TPSA) is 114 Å². The van der Waals surface area contributed by atoms with Crippen LogP contribution in [0.1, 0.15) is 60.8 Å². The first-order chi connectivity index (χ1) is 20.2. The molecule has 42 heavy (non-hydrogen) atoms. The second-order valence-corrected chi connectivity index (χ2v) is 9.69. The summed E-state index contributed by atoms with van der Waals surface area (Å²) in [4.78, 5) is 41.4. The molecule has 0 aliphatic heterocycles. The third-order valence-electron chi connectivity index (χ3n) is 6.02. The summed E-state index contributed by atoms with van der Waals surface area (Å²) in [6, 6.07) is 1.88. The summed E-state index contributed by atoms with van der Waals surface area (Å²) in [6.07, 6.45) is 24.1. The average molecular weight is 572 g/mol. The van der Waals surface area contributed by atoms with E-state index in [2.05, 4.69) is 35.2 Å². The monoisotopic (exact) mass is 571 g/mol. The molecular weight excluding hydrogens is 526 g/mol. The molecule has 1 rings (SSSR count). The lowest BCUT2D eigenvalue weighted by Crippen LogP contribution is -2.47. The van der Waals surface area contributed by atoms with Gasteiger partial charge < -0.3 is 4.90 Å². The summed E-state index contributed by atoms with van der Waals surface area (Å²) in [5, 5.41) is 12.2. The molecule has 0 saturated carbocycles. The van der Waals surface area contributed by atoms with Gasteiger partial charge in [-0.25, -0.2) is 9.79 Å². The summed E-state index contributed by atoms with van der Waals surface area (Å²) in [6.45, 7) is 12.3. The number of hydrogen-bond donors (Lipinski definition) is 1. The van der Waals surface area contributed by atoms with Gasteiger partial charge >= 0.3 is 6.03 Å². The second kappa shape index (κ2) is 20.3. The van der Waals surface area contributed by atoms with Gasteiger partial charge in [0.1, 0.15) is 0 Å². The van der Waals surface area contributed by atoms with Gasteiger partial charge in [-0.2, -0.15) is 5.26 Å². The van der Waals surface area contributed by atoms with E-state index < -0.39 is 6.03 Å². The summed E-state index contributed by atoms with van der Waals surface area (Å²) in [7, 11) is 1.57. The van der Waals surface area contributed by atoms with E-state index in [9.17, 15) is 14.9 Å². The first-order valence-electron chi connectivity index (χ1n) is 14.3. The molecule has 0 bridgehead atoms. The highest BCUT2D eigenvalue weighted by molar-refractivity contribution is 6.12. The molecule has 3 amide bonds. The van der Waals surface area contributed by atoms with Crippen molar-refractivity contribution >= 4 is 30.3 Å². The van der Waals surface area contributed by atoms with Crippen LogP contribution in [-0.4, -0.2) is 59.8 Å². The zero-order valence-corrected chi connectivity index (χ0v) is 26.0. The number of amides is 3. The van der Waals surface area contributed by atoms with Gasteiger partial charge in [-0.05, 0) is 75.0 Å². The van der Waals surface area contributed by atoms with Crippen LogP contribution in [0.15, 0.2) is 98.9 Å². The zero-order chi connectivity index (χ0) is 31.3. The van der Waals surface area contributed by atoms with Crippen LogP contribution in [0.3, 0.4) is 0 Å². The number of guanidine groups is 1. The molecule has 0 unspecified atom stereocenters. The number of urea groups is 1. The fourth-order valence-electron chi connectivity index (χ4n) is 3.50. The molecular formula is C33H45N7O2. The molecule has 0 aromatic carbocycles. The predicted molar refractivity (Wildman–Crippen MR) is 174 cm³/mol. The lowest BCUT2D eigenvalue weighted by atomic mass is 10.0. The Hall–Kier alpha value is -4.58. The fourth-order valence-corrected chi connectivity index (χ4v) is 3.50. The van der Waals surface area contributed by atoms with Gasteiger partial charge in [0.2, 0.25) is 12.4 Å². The Bertz CT molecular complexity index is 1250. The van der Waals surface area contributed by atoms with E-state index in [0.29, 0.717) is 30.0 Å². The van der Waals surface area contributed by atoms with Gasteiger partial charge in [0, 0.05) is 37.8 Å². The Kier molecular flexibility index (Phi) is 17.1. The Morgan fingerprint density at radius 1 is 1.19 bits per heavy atom. The standard InChI is InChI=1S/C33H45N7O2/c1-8-12-19-35-20-22-39(7)33(42)38-32(40(25-41)21-13-14-27(24-34)16-15-26(5)6)37-30-17-18-31(28(9-2)23-30)36-29(10-3)11-4/h8-9,12,14-20,22-23,25-26,29H,10-11,13,21H2,1-7H3,(H,37,38,42)/b12-8-,16-15-,22-20+,27-14+,28-9-,35-19+,36-31?. The minimum atomic E-state index is -0.506. The largest absolute Gasteiger partial charge is 0.327 e. The predicted octanol–water partition coefficient (Wildman–Crippen LogP) is 6.64. The van der Waals surface area contributed by atoms with Crippen molar-refractivity contribution in [2.45, 2.75) is 66.8 Å². The Morgan fingerprint density at radius 2 is 1.93 bits per heavy atom. The molecule has 0 saturated heterocycles. The van der Waals surface area contributed by atoms with Crippen LogP contribution in [0, 0.1) is 17.2 Å². The van der Waals surface area contributed by atoms with Crippen LogP contribution < -0.4 is 5.32 Å². The van der Waals surface area contributed by atoms with Crippen LogP contribution in [-0.2, 0) is 4.79 Å². The summed E-state index contributed by atoms with van der Waals surface area (Å²) in [5.41, 5.74) is 2.83. The van der Waals surface area contributed by atoms with E-state index in [4.69, 9.17) is 4.99 Å². The van der Waals surface area contributed by atoms with Gasteiger partial charge in [0.05, 0.1) is 23.5 Å². The first kappa shape index (κ1) is 35.4. The number of carbonyl (C=O) groups excluding carboxylic acids is 2. The molecule has 0 aromatic heterocycles. The lowest BCUT2D eigenvalue weighted by Gasteiger charge is -2.22. The third-order valence-corrected chi connectivity index (χ3v) is 6.02. The van der Waals surface area contributed by atoms with Gasteiger partial charge in [-0.15, -0.1) is 0 Å². The molecule has 0 aromatic rings. The molecule has 0 atom stereocenters. The maximum Gasteiger partial charge on any atom is 0.327 e. The number of nitrogens with one attached hydrogen (secondary N) is 1. The van der Waals surface area contributed by atoms with E-state index >= 15 is 0 Å². The minimum absolute atomic E-state index is 0.0593. The molecule has 9 nitrogen and oxygen atoms in total.